The van der Waals surface area contributed by atoms with Crippen LogP contribution in [0.2, 0.25) is 0 Å². The molecule has 0 aliphatic heterocycles. The molecule has 0 atom stereocenters. The lowest BCUT2D eigenvalue weighted by molar-refractivity contribution is 1.18. The van der Waals surface area contributed by atoms with Gasteiger partial charge >= 0.3 is 0 Å². The van der Waals surface area contributed by atoms with Crippen LogP contribution in [0.5, 0.6) is 0 Å². The third kappa shape index (κ3) is 8.99. The van der Waals surface area contributed by atoms with E-state index in [1.807, 2.05) is 0 Å². The molecule has 448 valence electrons. The number of hydrogen-bond donors (Lipinski definition) is 0. The quantitative estimate of drug-likeness (QED) is 0.144. The number of aromatic nitrogens is 4. The molecule has 0 N–H and O–H groups in total. The molecule has 4 heteroatoms. The van der Waals surface area contributed by atoms with E-state index >= 15 is 0 Å². The van der Waals surface area contributed by atoms with Gasteiger partial charge in [0.05, 0.1) is 55.5 Å². The van der Waals surface area contributed by atoms with E-state index in [9.17, 15) is 0 Å². The highest BCUT2D eigenvalue weighted by Gasteiger charge is 2.20. The molecule has 0 aliphatic carbocycles. The van der Waals surface area contributed by atoms with Crippen molar-refractivity contribution in [2.75, 3.05) is 0 Å². The van der Waals surface area contributed by atoms with E-state index in [1.165, 1.54) is 165 Å². The molecule has 96 heavy (non-hydrogen) atoms. The Hall–Kier alpha value is -12.8. The number of hydrogen-bond acceptors (Lipinski definition) is 0. The summed E-state index contributed by atoms with van der Waals surface area (Å²) in [6.45, 7) is 0. The molecule has 0 fully saturated rings. The van der Waals surface area contributed by atoms with Crippen LogP contribution in [0.4, 0.5) is 0 Å². The molecule has 0 spiro atoms. The Morgan fingerprint density at radius 2 is 0.406 bits per heavy atom. The molecule has 4 nitrogen and oxygen atoms in total. The van der Waals surface area contributed by atoms with Gasteiger partial charge in [-0.05, 0) is 164 Å². The minimum atomic E-state index is 1.16. The molecule has 16 aromatic carbocycles. The molecule has 0 radical (unpaired) electrons. The molecule has 0 unspecified atom stereocenters. The van der Waals surface area contributed by atoms with Crippen molar-refractivity contribution >= 4 is 109 Å². The molecule has 0 saturated carbocycles. The zero-order valence-electron chi connectivity index (χ0n) is 52.4. The second-order valence-electron chi connectivity index (χ2n) is 25.2. The summed E-state index contributed by atoms with van der Waals surface area (Å²) in [4.78, 5) is 0. The first-order chi connectivity index (χ1) is 47.6. The number of para-hydroxylation sites is 4. The van der Waals surface area contributed by atoms with Crippen molar-refractivity contribution in [1.29, 1.82) is 0 Å². The van der Waals surface area contributed by atoms with Gasteiger partial charge in [-0.2, -0.15) is 0 Å². The van der Waals surface area contributed by atoms with Crippen LogP contribution in [0, 0.1) is 0 Å². The average Bonchev–Trinajstić information content (AvgIpc) is 1.44. The number of fused-ring (bicyclic) bond motifs is 14. The summed E-state index contributed by atoms with van der Waals surface area (Å²) in [5.41, 5.74) is 24.2. The SMILES string of the molecule is c1ccc(-c2ccc(-n3c4ccccc4c4cc(-c5ccc6c(c5)c5ccccc5n6-c5cccc6ccccc56)ccc43)cc2)cc1.c1ccc(-c2cccc(-n3c4ccccc4c4cc(-c5ccc6c(c5)c5ccccc5n6-c5cccc6ccccc56)ccc43)c2)cc1. The Kier molecular flexibility index (Phi) is 12.9. The third-order valence-electron chi connectivity index (χ3n) is 19.8. The third-order valence-corrected chi connectivity index (χ3v) is 19.8. The van der Waals surface area contributed by atoms with Gasteiger partial charge in [0, 0.05) is 65.2 Å². The molecule has 20 aromatic rings. The fraction of sp³-hybridized carbons (Fsp3) is 0. The largest absolute Gasteiger partial charge is 0.309 e. The molecule has 0 bridgehead atoms. The Labute approximate surface area is 554 Å². The van der Waals surface area contributed by atoms with Crippen molar-refractivity contribution in [3.05, 3.63) is 364 Å². The van der Waals surface area contributed by atoms with Crippen molar-refractivity contribution in [1.82, 2.24) is 18.3 Å². The Morgan fingerprint density at radius 1 is 0.135 bits per heavy atom. The summed E-state index contributed by atoms with van der Waals surface area (Å²) in [5, 5.41) is 15.1. The summed E-state index contributed by atoms with van der Waals surface area (Å²) < 4.78 is 9.65. The Balaban J connectivity index is 0.000000135. The minimum absolute atomic E-state index is 1.16. The van der Waals surface area contributed by atoms with Gasteiger partial charge in [-0.25, -0.2) is 0 Å². The molecule has 20 rings (SSSR count). The smallest absolute Gasteiger partial charge is 0.0541 e. The van der Waals surface area contributed by atoms with Crippen LogP contribution >= 0.6 is 0 Å². The second kappa shape index (κ2) is 22.5. The van der Waals surface area contributed by atoms with Gasteiger partial charge < -0.3 is 18.3 Å². The van der Waals surface area contributed by atoms with E-state index in [0.29, 0.717) is 0 Å². The lowest BCUT2D eigenvalue weighted by Gasteiger charge is -2.12. The van der Waals surface area contributed by atoms with Crippen LogP contribution in [0.15, 0.2) is 364 Å². The number of benzene rings is 16. The molecular formula is C92H60N4. The first-order valence-corrected chi connectivity index (χ1v) is 33.1. The van der Waals surface area contributed by atoms with E-state index in [4.69, 9.17) is 0 Å². The van der Waals surface area contributed by atoms with Crippen LogP contribution in [0.1, 0.15) is 0 Å². The van der Waals surface area contributed by atoms with Crippen LogP contribution in [0.3, 0.4) is 0 Å². The lowest BCUT2D eigenvalue weighted by atomic mass is 10.0. The zero-order valence-corrected chi connectivity index (χ0v) is 52.4. The summed E-state index contributed by atoms with van der Waals surface area (Å²) in [6, 6.07) is 132. The van der Waals surface area contributed by atoms with Crippen LogP contribution in [-0.2, 0) is 0 Å². The van der Waals surface area contributed by atoms with E-state index in [1.54, 1.807) is 0 Å². The zero-order chi connectivity index (χ0) is 63.2. The van der Waals surface area contributed by atoms with E-state index in [2.05, 4.69) is 382 Å². The first-order valence-electron chi connectivity index (χ1n) is 33.1. The summed E-state index contributed by atoms with van der Waals surface area (Å²) in [5.74, 6) is 0. The van der Waals surface area contributed by atoms with E-state index in [0.717, 1.165) is 11.4 Å². The fourth-order valence-corrected chi connectivity index (χ4v) is 15.4. The second-order valence-corrected chi connectivity index (χ2v) is 25.2. The predicted octanol–water partition coefficient (Wildman–Crippen LogP) is 24.7. The summed E-state index contributed by atoms with van der Waals surface area (Å²) in [6.07, 6.45) is 0. The van der Waals surface area contributed by atoms with Crippen molar-refractivity contribution in [2.45, 2.75) is 0 Å². The molecule has 4 aromatic heterocycles. The lowest BCUT2D eigenvalue weighted by Crippen LogP contribution is -1.95. The predicted molar refractivity (Wildman–Crippen MR) is 407 cm³/mol. The molecule has 4 heterocycles. The van der Waals surface area contributed by atoms with Crippen molar-refractivity contribution in [3.8, 4) is 67.3 Å². The van der Waals surface area contributed by atoms with Gasteiger partial charge in [-0.1, -0.05) is 255 Å². The molecule has 0 aliphatic rings. The van der Waals surface area contributed by atoms with Crippen LogP contribution in [0.25, 0.3) is 176 Å². The van der Waals surface area contributed by atoms with Crippen molar-refractivity contribution in [2.24, 2.45) is 0 Å². The first kappa shape index (κ1) is 54.9. The standard InChI is InChI=1S/2C46H30N2/c1-2-12-31(13-3-1)33-16-10-17-36(28-33)47-43-21-8-6-19-38(43)40-29-34(24-26-45(40)47)35-25-27-46-41(30-35)39-20-7-9-22-44(39)48(46)42-23-11-15-32-14-4-5-18-37(32)42;1-2-11-31(12-3-1)32-21-25-36(26-22-32)47-43-18-8-6-16-38(43)40-29-34(23-27-45(40)47)35-24-28-46-41(30-35)39-17-7-9-19-44(39)48(46)42-20-10-14-33-13-4-5-15-37(33)42/h2*1-30H. The van der Waals surface area contributed by atoms with Gasteiger partial charge in [0.25, 0.3) is 0 Å². The summed E-state index contributed by atoms with van der Waals surface area (Å²) >= 11 is 0. The molecule has 0 saturated heterocycles. The Bertz CT molecular complexity index is 6430. The van der Waals surface area contributed by atoms with Crippen molar-refractivity contribution in [3.63, 3.8) is 0 Å². The monoisotopic (exact) mass is 1220 g/mol. The minimum Gasteiger partial charge on any atom is -0.309 e. The maximum Gasteiger partial charge on any atom is 0.0541 e. The van der Waals surface area contributed by atoms with Gasteiger partial charge in [0.2, 0.25) is 0 Å². The van der Waals surface area contributed by atoms with Gasteiger partial charge in [-0.3, -0.25) is 0 Å². The normalized spacial score (nSPS) is 11.8. The highest BCUT2D eigenvalue weighted by atomic mass is 15.0. The van der Waals surface area contributed by atoms with Crippen LogP contribution < -0.4 is 0 Å². The molecule has 0 amide bonds. The number of nitrogens with zero attached hydrogens (tertiary/aromatic N) is 4. The maximum atomic E-state index is 2.43. The van der Waals surface area contributed by atoms with Crippen molar-refractivity contribution < 1.29 is 0 Å². The van der Waals surface area contributed by atoms with Crippen LogP contribution in [-0.4, -0.2) is 18.3 Å². The average molecular weight is 1220 g/mol. The van der Waals surface area contributed by atoms with E-state index < -0.39 is 0 Å². The highest BCUT2D eigenvalue weighted by Crippen LogP contribution is 2.43. The van der Waals surface area contributed by atoms with E-state index in [-0.39, 0.29) is 0 Å². The maximum absolute atomic E-state index is 2.43. The fourth-order valence-electron chi connectivity index (χ4n) is 15.4. The highest BCUT2D eigenvalue weighted by molar-refractivity contribution is 6.16. The summed E-state index contributed by atoms with van der Waals surface area (Å²) in [7, 11) is 0. The Morgan fingerprint density at radius 3 is 0.833 bits per heavy atom. The topological polar surface area (TPSA) is 19.7 Å². The van der Waals surface area contributed by atoms with Gasteiger partial charge in [-0.15, -0.1) is 0 Å². The number of rotatable bonds is 8. The van der Waals surface area contributed by atoms with Gasteiger partial charge in [0.15, 0.2) is 0 Å². The molecular weight excluding hydrogens is 1160 g/mol. The van der Waals surface area contributed by atoms with Gasteiger partial charge in [0.1, 0.15) is 0 Å².